The third-order valence-corrected chi connectivity index (χ3v) is 5.39. The molecule has 0 aromatic heterocycles. The molecule has 0 saturated carbocycles. The number of carbonyl (C=O) groups excluding carboxylic acids is 1. The fourth-order valence-electron chi connectivity index (χ4n) is 3.37. The summed E-state index contributed by atoms with van der Waals surface area (Å²) >= 11 is 9.57. The van der Waals surface area contributed by atoms with Crippen LogP contribution in [0.2, 0.25) is 5.02 Å². The molecule has 2 fully saturated rings. The molecule has 114 valence electrons. The molecule has 0 aliphatic carbocycles. The molecule has 2 aliphatic rings. The average Bonchev–Trinajstić information content (AvgIpc) is 3.03. The highest BCUT2D eigenvalue weighted by molar-refractivity contribution is 9.10. The molecule has 2 aliphatic heterocycles. The van der Waals surface area contributed by atoms with Crippen molar-refractivity contribution in [2.24, 2.45) is 0 Å². The molecule has 1 aromatic carbocycles. The van der Waals surface area contributed by atoms with Crippen molar-refractivity contribution in [1.29, 1.82) is 0 Å². The van der Waals surface area contributed by atoms with Crippen LogP contribution in [-0.2, 0) is 0 Å². The minimum absolute atomic E-state index is 0.0566. The highest BCUT2D eigenvalue weighted by Crippen LogP contribution is 2.26. The molecule has 0 spiro atoms. The van der Waals surface area contributed by atoms with Crippen molar-refractivity contribution >= 4 is 33.4 Å². The topological polar surface area (TPSA) is 23.6 Å². The van der Waals surface area contributed by atoms with Crippen molar-refractivity contribution in [3.05, 3.63) is 33.3 Å². The zero-order chi connectivity index (χ0) is 14.8. The summed E-state index contributed by atoms with van der Waals surface area (Å²) in [7, 11) is 0. The molecule has 5 heteroatoms. The van der Waals surface area contributed by atoms with E-state index in [4.69, 9.17) is 11.6 Å². The summed E-state index contributed by atoms with van der Waals surface area (Å²) in [6.07, 6.45) is 4.81. The number of benzene rings is 1. The van der Waals surface area contributed by atoms with Gasteiger partial charge >= 0.3 is 0 Å². The van der Waals surface area contributed by atoms with Gasteiger partial charge in [0.05, 0.1) is 10.6 Å². The molecule has 0 atom stereocenters. The number of likely N-dealkylation sites (tertiary alicyclic amines) is 2. The summed E-state index contributed by atoms with van der Waals surface area (Å²) in [4.78, 5) is 17.1. The van der Waals surface area contributed by atoms with Crippen LogP contribution in [-0.4, -0.2) is 47.9 Å². The van der Waals surface area contributed by atoms with Crippen LogP contribution in [0.1, 0.15) is 36.0 Å². The monoisotopic (exact) mass is 370 g/mol. The van der Waals surface area contributed by atoms with Crippen molar-refractivity contribution in [3.8, 4) is 0 Å². The molecule has 0 N–H and O–H groups in total. The van der Waals surface area contributed by atoms with E-state index in [-0.39, 0.29) is 5.91 Å². The van der Waals surface area contributed by atoms with E-state index in [2.05, 4.69) is 20.8 Å². The summed E-state index contributed by atoms with van der Waals surface area (Å²) in [6, 6.07) is 6.11. The van der Waals surface area contributed by atoms with Gasteiger partial charge in [0, 0.05) is 23.6 Å². The van der Waals surface area contributed by atoms with Gasteiger partial charge in [-0.15, -0.1) is 0 Å². The highest BCUT2D eigenvalue weighted by atomic mass is 79.9. The standard InChI is InChI=1S/C16H20BrClN2O/c17-12-3-4-15(18)14(11-12)16(21)20-9-5-13(6-10-20)19-7-1-2-8-19/h3-4,11,13H,1-2,5-10H2. The predicted octanol–water partition coefficient (Wildman–Crippen LogP) is 3.80. The van der Waals surface area contributed by atoms with Crippen molar-refractivity contribution in [2.75, 3.05) is 26.2 Å². The van der Waals surface area contributed by atoms with Crippen molar-refractivity contribution in [1.82, 2.24) is 9.80 Å². The fraction of sp³-hybridized carbons (Fsp3) is 0.562. The molecular formula is C16H20BrClN2O. The number of halogens is 2. The van der Waals surface area contributed by atoms with E-state index < -0.39 is 0 Å². The molecule has 21 heavy (non-hydrogen) atoms. The normalized spacial score (nSPS) is 21.0. The zero-order valence-corrected chi connectivity index (χ0v) is 14.4. The number of hydrogen-bond acceptors (Lipinski definition) is 2. The Balaban J connectivity index is 1.63. The first kappa shape index (κ1) is 15.3. The maximum absolute atomic E-state index is 12.6. The zero-order valence-electron chi connectivity index (χ0n) is 12.0. The van der Waals surface area contributed by atoms with Gasteiger partial charge in [-0.2, -0.15) is 0 Å². The SMILES string of the molecule is O=C(c1cc(Br)ccc1Cl)N1CCC(N2CCCC2)CC1. The lowest BCUT2D eigenvalue weighted by Crippen LogP contribution is -2.45. The van der Waals surface area contributed by atoms with Gasteiger partial charge in [0.1, 0.15) is 0 Å². The van der Waals surface area contributed by atoms with E-state index in [0.717, 1.165) is 30.4 Å². The van der Waals surface area contributed by atoms with Gasteiger partial charge in [-0.1, -0.05) is 27.5 Å². The summed E-state index contributed by atoms with van der Waals surface area (Å²) in [6.45, 7) is 4.14. The van der Waals surface area contributed by atoms with Crippen molar-refractivity contribution < 1.29 is 4.79 Å². The van der Waals surface area contributed by atoms with Crippen LogP contribution >= 0.6 is 27.5 Å². The van der Waals surface area contributed by atoms with Crippen LogP contribution in [0.3, 0.4) is 0 Å². The number of piperidine rings is 1. The maximum atomic E-state index is 12.6. The third kappa shape index (κ3) is 3.43. The summed E-state index contributed by atoms with van der Waals surface area (Å²) in [5.41, 5.74) is 0.602. The molecule has 1 amide bonds. The Morgan fingerprint density at radius 2 is 1.81 bits per heavy atom. The van der Waals surface area contributed by atoms with Crippen LogP contribution < -0.4 is 0 Å². The molecule has 3 rings (SSSR count). The largest absolute Gasteiger partial charge is 0.338 e. The van der Waals surface area contributed by atoms with Crippen molar-refractivity contribution in [3.63, 3.8) is 0 Å². The van der Waals surface area contributed by atoms with E-state index in [1.807, 2.05) is 17.0 Å². The molecule has 0 bridgehead atoms. The third-order valence-electron chi connectivity index (χ3n) is 4.57. The second-order valence-electron chi connectivity index (χ2n) is 5.89. The summed E-state index contributed by atoms with van der Waals surface area (Å²) < 4.78 is 0.891. The van der Waals surface area contributed by atoms with Crippen LogP contribution in [0.5, 0.6) is 0 Å². The Kier molecular flexibility index (Phi) is 4.87. The Labute approximate surface area is 139 Å². The lowest BCUT2D eigenvalue weighted by atomic mass is 10.0. The van der Waals surface area contributed by atoms with E-state index in [9.17, 15) is 4.79 Å². The van der Waals surface area contributed by atoms with Gasteiger partial charge in [-0.25, -0.2) is 0 Å². The molecule has 1 aromatic rings. The van der Waals surface area contributed by atoms with Crippen LogP contribution in [0.4, 0.5) is 0 Å². The number of amides is 1. The molecule has 0 unspecified atom stereocenters. The van der Waals surface area contributed by atoms with E-state index in [1.54, 1.807) is 6.07 Å². The number of carbonyl (C=O) groups is 1. The molecule has 2 heterocycles. The molecule has 2 saturated heterocycles. The Bertz CT molecular complexity index is 523. The van der Waals surface area contributed by atoms with Gasteiger partial charge < -0.3 is 9.80 Å². The van der Waals surface area contributed by atoms with Gasteiger partial charge in [-0.3, -0.25) is 4.79 Å². The van der Waals surface area contributed by atoms with Gasteiger partial charge in [0.15, 0.2) is 0 Å². The molecule has 0 radical (unpaired) electrons. The van der Waals surface area contributed by atoms with Crippen LogP contribution in [0.15, 0.2) is 22.7 Å². The number of hydrogen-bond donors (Lipinski definition) is 0. The summed E-state index contributed by atoms with van der Waals surface area (Å²) in [5, 5.41) is 0.532. The van der Waals surface area contributed by atoms with E-state index in [0.29, 0.717) is 16.6 Å². The second-order valence-corrected chi connectivity index (χ2v) is 7.21. The second kappa shape index (κ2) is 6.67. The van der Waals surface area contributed by atoms with Crippen LogP contribution in [0, 0.1) is 0 Å². The lowest BCUT2D eigenvalue weighted by Gasteiger charge is -2.36. The quantitative estimate of drug-likeness (QED) is 0.789. The smallest absolute Gasteiger partial charge is 0.255 e. The lowest BCUT2D eigenvalue weighted by molar-refractivity contribution is 0.0644. The number of rotatable bonds is 2. The molecule has 3 nitrogen and oxygen atoms in total. The fourth-order valence-corrected chi connectivity index (χ4v) is 3.93. The first-order valence-corrected chi connectivity index (χ1v) is 8.80. The maximum Gasteiger partial charge on any atom is 0.255 e. The number of nitrogens with zero attached hydrogens (tertiary/aromatic N) is 2. The molecular weight excluding hydrogens is 352 g/mol. The minimum atomic E-state index is 0.0566. The van der Waals surface area contributed by atoms with Gasteiger partial charge in [0.2, 0.25) is 0 Å². The Morgan fingerprint density at radius 3 is 2.48 bits per heavy atom. The van der Waals surface area contributed by atoms with E-state index in [1.165, 1.54) is 25.9 Å². The first-order valence-electron chi connectivity index (χ1n) is 7.63. The highest BCUT2D eigenvalue weighted by Gasteiger charge is 2.29. The van der Waals surface area contributed by atoms with Crippen molar-refractivity contribution in [2.45, 2.75) is 31.7 Å². The minimum Gasteiger partial charge on any atom is -0.338 e. The Morgan fingerprint density at radius 1 is 1.14 bits per heavy atom. The van der Waals surface area contributed by atoms with Gasteiger partial charge in [-0.05, 0) is 57.0 Å². The van der Waals surface area contributed by atoms with E-state index >= 15 is 0 Å². The Hall–Kier alpha value is -0.580. The van der Waals surface area contributed by atoms with Gasteiger partial charge in [0.25, 0.3) is 5.91 Å². The summed E-state index contributed by atoms with van der Waals surface area (Å²) in [5.74, 6) is 0.0566. The predicted molar refractivity (Wildman–Crippen MR) is 88.9 cm³/mol. The first-order chi connectivity index (χ1) is 10.1. The van der Waals surface area contributed by atoms with Crippen LogP contribution in [0.25, 0.3) is 0 Å². The average molecular weight is 372 g/mol.